The lowest BCUT2D eigenvalue weighted by molar-refractivity contribution is 1.20. The molecule has 2 heterocycles. The first-order valence-corrected chi connectivity index (χ1v) is 19.6. The Morgan fingerprint density at radius 3 is 1.87 bits per heavy atom. The van der Waals surface area contributed by atoms with E-state index >= 15 is 0 Å². The highest BCUT2D eigenvalue weighted by Gasteiger charge is 2.18. The molecule has 0 aliphatic rings. The summed E-state index contributed by atoms with van der Waals surface area (Å²) < 4.78 is 5.14. The van der Waals surface area contributed by atoms with Gasteiger partial charge in [-0.3, -0.25) is 0 Å². The van der Waals surface area contributed by atoms with Crippen molar-refractivity contribution in [3.05, 3.63) is 200 Å². The van der Waals surface area contributed by atoms with Crippen molar-refractivity contribution in [2.45, 2.75) is 0 Å². The molecule has 258 valence electrons. The summed E-state index contributed by atoms with van der Waals surface area (Å²) in [4.78, 5) is 0. The predicted octanol–water partition coefficient (Wildman–Crippen LogP) is 15.0. The third-order valence-electron chi connectivity index (χ3n) is 11.0. The van der Waals surface area contributed by atoms with Gasteiger partial charge in [-0.2, -0.15) is 0 Å². The van der Waals surface area contributed by atoms with Crippen LogP contribution in [0.15, 0.2) is 200 Å². The van der Waals surface area contributed by atoms with Gasteiger partial charge < -0.3 is 9.88 Å². The number of benzene rings is 9. The summed E-state index contributed by atoms with van der Waals surface area (Å²) in [7, 11) is 0. The third-order valence-corrected chi connectivity index (χ3v) is 12.2. The summed E-state index contributed by atoms with van der Waals surface area (Å²) in [6.45, 7) is 0. The summed E-state index contributed by atoms with van der Waals surface area (Å²) in [5.41, 5.74) is 13.0. The highest BCUT2D eigenvalue weighted by Crippen LogP contribution is 2.43. The van der Waals surface area contributed by atoms with Crippen LogP contribution in [0.5, 0.6) is 0 Å². The Morgan fingerprint density at radius 1 is 0.364 bits per heavy atom. The van der Waals surface area contributed by atoms with E-state index in [4.69, 9.17) is 0 Å². The number of hydrogen-bond donors (Lipinski definition) is 1. The fourth-order valence-electron chi connectivity index (χ4n) is 8.46. The summed E-state index contributed by atoms with van der Waals surface area (Å²) >= 11 is 1.89. The van der Waals surface area contributed by atoms with Crippen molar-refractivity contribution < 1.29 is 0 Å². The highest BCUT2D eigenvalue weighted by molar-refractivity contribution is 7.26. The van der Waals surface area contributed by atoms with E-state index in [1.807, 2.05) is 17.4 Å². The molecule has 0 radical (unpaired) electrons. The van der Waals surface area contributed by atoms with E-state index < -0.39 is 0 Å². The van der Waals surface area contributed by atoms with Gasteiger partial charge in [0.05, 0.1) is 16.7 Å². The van der Waals surface area contributed by atoms with Gasteiger partial charge in [0.1, 0.15) is 0 Å². The molecule has 0 fully saturated rings. The van der Waals surface area contributed by atoms with Crippen LogP contribution in [0, 0.1) is 0 Å². The number of hydrogen-bond acceptors (Lipinski definition) is 2. The average molecular weight is 719 g/mol. The Kier molecular flexibility index (Phi) is 7.39. The van der Waals surface area contributed by atoms with Crippen molar-refractivity contribution in [3.8, 4) is 39.1 Å². The Labute approximate surface area is 323 Å². The van der Waals surface area contributed by atoms with Crippen LogP contribution in [-0.2, 0) is 0 Å². The summed E-state index contributed by atoms with van der Waals surface area (Å²) in [6, 6.07) is 72.7. The lowest BCUT2D eigenvalue weighted by Gasteiger charge is -2.15. The van der Waals surface area contributed by atoms with Crippen LogP contribution in [0.4, 0.5) is 11.4 Å². The second-order valence-electron chi connectivity index (χ2n) is 14.2. The van der Waals surface area contributed by atoms with Crippen molar-refractivity contribution in [1.82, 2.24) is 4.57 Å². The summed E-state index contributed by atoms with van der Waals surface area (Å²) in [6.07, 6.45) is 0. The van der Waals surface area contributed by atoms with E-state index in [2.05, 4.69) is 204 Å². The van der Waals surface area contributed by atoms with E-state index in [1.165, 1.54) is 91.8 Å². The molecule has 0 unspecified atom stereocenters. The van der Waals surface area contributed by atoms with Crippen molar-refractivity contribution in [2.24, 2.45) is 0 Å². The number of nitrogens with one attached hydrogen (secondary N) is 1. The Morgan fingerprint density at radius 2 is 0.982 bits per heavy atom. The maximum atomic E-state index is 3.61. The quantitative estimate of drug-likeness (QED) is 0.181. The number of thiophene rings is 1. The number of nitrogens with zero attached hydrogens (tertiary/aromatic N) is 1. The van der Waals surface area contributed by atoms with Gasteiger partial charge in [0.25, 0.3) is 0 Å². The fourth-order valence-corrected chi connectivity index (χ4v) is 9.69. The van der Waals surface area contributed by atoms with Gasteiger partial charge in [0.2, 0.25) is 0 Å². The monoisotopic (exact) mass is 718 g/mol. The zero-order valence-electron chi connectivity index (χ0n) is 29.9. The first kappa shape index (κ1) is 31.6. The van der Waals surface area contributed by atoms with Crippen LogP contribution in [0.3, 0.4) is 0 Å². The van der Waals surface area contributed by atoms with Crippen LogP contribution in [-0.4, -0.2) is 4.57 Å². The smallest absolute Gasteiger partial charge is 0.0547 e. The summed E-state index contributed by atoms with van der Waals surface area (Å²) in [5.74, 6) is 0. The topological polar surface area (TPSA) is 17.0 Å². The number of rotatable bonds is 6. The van der Waals surface area contributed by atoms with E-state index in [0.29, 0.717) is 0 Å². The van der Waals surface area contributed by atoms with E-state index in [-0.39, 0.29) is 0 Å². The largest absolute Gasteiger partial charge is 0.355 e. The molecule has 0 aliphatic heterocycles. The molecule has 0 spiro atoms. The van der Waals surface area contributed by atoms with Gasteiger partial charge in [-0.05, 0) is 70.1 Å². The van der Waals surface area contributed by atoms with Gasteiger partial charge in [0, 0.05) is 58.8 Å². The number of aromatic nitrogens is 1. The molecule has 0 atom stereocenters. The fraction of sp³-hybridized carbons (Fsp3) is 0. The zero-order valence-corrected chi connectivity index (χ0v) is 30.7. The first-order valence-electron chi connectivity index (χ1n) is 18.8. The van der Waals surface area contributed by atoms with Gasteiger partial charge in [-0.1, -0.05) is 158 Å². The molecule has 2 aromatic heterocycles. The highest BCUT2D eigenvalue weighted by atomic mass is 32.1. The molecular weight excluding hydrogens is 685 g/mol. The lowest BCUT2D eigenvalue weighted by atomic mass is 9.96. The predicted molar refractivity (Wildman–Crippen MR) is 237 cm³/mol. The maximum absolute atomic E-state index is 3.61. The molecule has 2 nitrogen and oxygen atoms in total. The van der Waals surface area contributed by atoms with Crippen molar-refractivity contribution in [3.63, 3.8) is 0 Å². The first-order chi connectivity index (χ1) is 27.3. The molecule has 0 amide bonds. The molecular formula is C52H34N2S. The SMILES string of the molecule is c1ccc(Nc2ccccc2-c2ccc(-c3ccc4c5ccccc5n(-c5cccc6c(-c7cccc8c7sc7ccccc78)cccc56)c4c3)cc2)cc1. The van der Waals surface area contributed by atoms with Gasteiger partial charge in [-0.15, -0.1) is 11.3 Å². The van der Waals surface area contributed by atoms with Crippen LogP contribution in [0.1, 0.15) is 0 Å². The minimum Gasteiger partial charge on any atom is -0.355 e. The van der Waals surface area contributed by atoms with E-state index in [1.54, 1.807) is 0 Å². The molecule has 11 rings (SSSR count). The minimum absolute atomic E-state index is 1.08. The average Bonchev–Trinajstić information content (AvgIpc) is 3.80. The van der Waals surface area contributed by atoms with E-state index in [9.17, 15) is 0 Å². The Bertz CT molecular complexity index is 3220. The van der Waals surface area contributed by atoms with Crippen molar-refractivity contribution in [2.75, 3.05) is 5.32 Å². The van der Waals surface area contributed by atoms with Crippen molar-refractivity contribution in [1.29, 1.82) is 0 Å². The van der Waals surface area contributed by atoms with Crippen LogP contribution in [0.2, 0.25) is 0 Å². The van der Waals surface area contributed by atoms with Gasteiger partial charge in [0.15, 0.2) is 0 Å². The number of fused-ring (bicyclic) bond motifs is 7. The van der Waals surface area contributed by atoms with E-state index in [0.717, 1.165) is 11.4 Å². The number of anilines is 2. The van der Waals surface area contributed by atoms with Crippen molar-refractivity contribution >= 4 is 75.5 Å². The Balaban J connectivity index is 1.04. The van der Waals surface area contributed by atoms with Crippen LogP contribution in [0.25, 0.3) is 91.8 Å². The third kappa shape index (κ3) is 5.24. The molecule has 1 N–H and O–H groups in total. The normalized spacial score (nSPS) is 11.6. The second kappa shape index (κ2) is 12.9. The molecule has 0 aliphatic carbocycles. The zero-order chi connectivity index (χ0) is 36.3. The standard InChI is InChI=1S/C52H34N2S/c1-2-13-37(14-3-1)53-47-23-7-4-15-38(47)35-29-27-34(28-30-35)36-31-32-43-42-16-5-8-24-48(42)54(50(43)33-36)49-25-12-19-39-40(18-10-20-41(39)49)45-21-11-22-46-44-17-6-9-26-51(44)55-52(45)46/h1-33,53H. The second-order valence-corrected chi connectivity index (χ2v) is 15.2. The molecule has 3 heteroatoms. The maximum Gasteiger partial charge on any atom is 0.0547 e. The molecule has 11 aromatic rings. The Hall–Kier alpha value is -6.94. The lowest BCUT2D eigenvalue weighted by Crippen LogP contribution is -1.96. The van der Waals surface area contributed by atoms with Gasteiger partial charge in [-0.25, -0.2) is 0 Å². The van der Waals surface area contributed by atoms with Crippen LogP contribution >= 0.6 is 11.3 Å². The molecule has 55 heavy (non-hydrogen) atoms. The molecule has 0 bridgehead atoms. The molecule has 9 aromatic carbocycles. The van der Waals surface area contributed by atoms with Gasteiger partial charge >= 0.3 is 0 Å². The minimum atomic E-state index is 1.08. The molecule has 0 saturated heterocycles. The number of para-hydroxylation sites is 3. The van der Waals surface area contributed by atoms with Crippen LogP contribution < -0.4 is 5.32 Å². The molecule has 0 saturated carbocycles. The summed E-state index contributed by atoms with van der Waals surface area (Å²) in [5, 5.41) is 11.2.